The summed E-state index contributed by atoms with van der Waals surface area (Å²) < 4.78 is 76.2. The van der Waals surface area contributed by atoms with Gasteiger partial charge in [0.15, 0.2) is 5.75 Å². The Bertz CT molecular complexity index is 1770. The zero-order chi connectivity index (χ0) is 35.5. The molecule has 5 rings (SSSR count). The van der Waals surface area contributed by atoms with Crippen molar-refractivity contribution in [3.05, 3.63) is 76.0 Å². The van der Waals surface area contributed by atoms with Crippen LogP contribution in [0.15, 0.2) is 41.4 Å². The van der Waals surface area contributed by atoms with Crippen LogP contribution in [-0.4, -0.2) is 72.8 Å². The van der Waals surface area contributed by atoms with Crippen molar-refractivity contribution < 1.29 is 41.1 Å². The lowest BCUT2D eigenvalue weighted by molar-refractivity contribution is -0.189. The van der Waals surface area contributed by atoms with Crippen LogP contribution in [0.2, 0.25) is 0 Å². The number of esters is 1. The average Bonchev–Trinajstić information content (AvgIpc) is 3.89. The molecule has 2 amide bonds. The predicted octanol–water partition coefficient (Wildman–Crippen LogP) is 6.18. The van der Waals surface area contributed by atoms with Gasteiger partial charge in [-0.05, 0) is 87.1 Å². The highest BCUT2D eigenvalue weighted by atomic mass is 19.4. The second-order valence-electron chi connectivity index (χ2n) is 12.0. The Hall–Kier alpha value is -4.72. The molecule has 0 radical (unpaired) electrons. The fourth-order valence-corrected chi connectivity index (χ4v) is 5.76. The van der Waals surface area contributed by atoms with Crippen LogP contribution in [0.1, 0.15) is 71.8 Å². The molecular formula is C35H36F5N5O4. The number of aryl methyl sites for hydroxylation is 1. The number of ether oxygens (including phenoxy) is 1. The number of hydrogen-bond acceptors (Lipinski definition) is 7. The maximum atomic E-state index is 15.2. The number of aromatic nitrogens is 1. The standard InChI is InChI=1S/C35H36F5N5O4/c1-4-45(5-2)15-7-14-41-26-16-22(23-18-43-33(47)29(30(23)44-26)28-24(36)8-6-9-25(28)37)27-19(3)10-13-21(32(46)42-17-20-11-12-20)31(27)49-34(48)35(38,39)40/h6,8-10,13,16,18,20,29H,4-5,7,11-12,14-15,17H2,1-3H3,(H,41,44)(H,42,46). The van der Waals surface area contributed by atoms with Gasteiger partial charge in [-0.25, -0.2) is 23.6 Å². The fraction of sp³-hybridized carbons (Fsp3) is 0.400. The normalized spacial score (nSPS) is 15.7. The first-order valence-corrected chi connectivity index (χ1v) is 16.1. The van der Waals surface area contributed by atoms with Gasteiger partial charge in [0.05, 0.1) is 11.3 Å². The number of anilines is 1. The number of hydrogen-bond donors (Lipinski definition) is 2. The van der Waals surface area contributed by atoms with Crippen molar-refractivity contribution in [2.45, 2.75) is 52.1 Å². The molecule has 1 fully saturated rings. The molecule has 1 aromatic heterocycles. The van der Waals surface area contributed by atoms with E-state index in [-0.39, 0.29) is 46.2 Å². The Kier molecular flexibility index (Phi) is 10.8. The first-order chi connectivity index (χ1) is 23.3. The third-order valence-corrected chi connectivity index (χ3v) is 8.62. The Morgan fingerprint density at radius 2 is 1.76 bits per heavy atom. The minimum absolute atomic E-state index is 0.0453. The highest BCUT2D eigenvalue weighted by Crippen LogP contribution is 2.44. The second kappa shape index (κ2) is 14.8. The lowest BCUT2D eigenvalue weighted by Gasteiger charge is -2.25. The fourth-order valence-electron chi connectivity index (χ4n) is 5.76. The highest BCUT2D eigenvalue weighted by Gasteiger charge is 2.43. The SMILES string of the molecule is CCN(CC)CCCNc1cc(-c2c(C)ccc(C(=O)NCC3CC3)c2OC(=O)C(F)(F)F)c2c(n1)C(c1c(F)cccc1F)C(=O)N=C2. The molecule has 1 atom stereocenters. The van der Waals surface area contributed by atoms with Crippen molar-refractivity contribution in [1.82, 2.24) is 15.2 Å². The number of aliphatic imine (C=N–C) groups is 1. The number of alkyl halides is 3. The van der Waals surface area contributed by atoms with E-state index in [0.29, 0.717) is 18.5 Å². The molecule has 2 heterocycles. The second-order valence-corrected chi connectivity index (χ2v) is 12.0. The zero-order valence-corrected chi connectivity index (χ0v) is 27.2. The number of carbonyl (C=O) groups is 3. The van der Waals surface area contributed by atoms with Gasteiger partial charge in [-0.15, -0.1) is 0 Å². The van der Waals surface area contributed by atoms with E-state index in [4.69, 9.17) is 4.74 Å². The Labute approximate surface area is 280 Å². The van der Waals surface area contributed by atoms with Crippen LogP contribution in [0, 0.1) is 24.5 Å². The van der Waals surface area contributed by atoms with Crippen molar-refractivity contribution in [3.63, 3.8) is 0 Å². The van der Waals surface area contributed by atoms with E-state index in [1.54, 1.807) is 0 Å². The summed E-state index contributed by atoms with van der Waals surface area (Å²) in [4.78, 5) is 49.6. The van der Waals surface area contributed by atoms with E-state index in [0.717, 1.165) is 56.9 Å². The summed E-state index contributed by atoms with van der Waals surface area (Å²) in [6, 6.07) is 7.32. The average molecular weight is 686 g/mol. The van der Waals surface area contributed by atoms with Crippen molar-refractivity contribution in [3.8, 4) is 16.9 Å². The van der Waals surface area contributed by atoms with Gasteiger partial charge in [-0.3, -0.25) is 9.59 Å². The quantitative estimate of drug-likeness (QED) is 0.0957. The molecule has 14 heteroatoms. The number of rotatable bonds is 13. The molecule has 9 nitrogen and oxygen atoms in total. The summed E-state index contributed by atoms with van der Waals surface area (Å²) in [6.45, 7) is 8.65. The molecule has 1 saturated carbocycles. The monoisotopic (exact) mass is 685 g/mol. The zero-order valence-electron chi connectivity index (χ0n) is 27.2. The molecule has 1 aliphatic carbocycles. The number of benzene rings is 2. The highest BCUT2D eigenvalue weighted by molar-refractivity contribution is 6.08. The molecule has 1 aliphatic heterocycles. The van der Waals surface area contributed by atoms with Gasteiger partial charge < -0.3 is 20.3 Å². The molecule has 0 saturated heterocycles. The van der Waals surface area contributed by atoms with Crippen LogP contribution >= 0.6 is 0 Å². The summed E-state index contributed by atoms with van der Waals surface area (Å²) in [5.74, 6) is -8.22. The van der Waals surface area contributed by atoms with Gasteiger partial charge in [0.25, 0.3) is 11.8 Å². The van der Waals surface area contributed by atoms with Crippen LogP contribution in [0.25, 0.3) is 11.1 Å². The summed E-state index contributed by atoms with van der Waals surface area (Å²) >= 11 is 0. The number of nitrogens with one attached hydrogen (secondary N) is 2. The Morgan fingerprint density at radius 1 is 1.06 bits per heavy atom. The van der Waals surface area contributed by atoms with Gasteiger partial charge >= 0.3 is 12.1 Å². The van der Waals surface area contributed by atoms with E-state index >= 15 is 8.78 Å². The van der Waals surface area contributed by atoms with E-state index in [9.17, 15) is 27.6 Å². The van der Waals surface area contributed by atoms with Crippen LogP contribution in [0.3, 0.4) is 0 Å². The van der Waals surface area contributed by atoms with Crippen molar-refractivity contribution in [1.29, 1.82) is 0 Å². The molecule has 2 aromatic carbocycles. The van der Waals surface area contributed by atoms with Gasteiger partial charge in [-0.1, -0.05) is 26.0 Å². The number of fused-ring (bicyclic) bond motifs is 1. The third-order valence-electron chi connectivity index (χ3n) is 8.62. The van der Waals surface area contributed by atoms with E-state index in [2.05, 4.69) is 25.5 Å². The number of pyridine rings is 1. The Morgan fingerprint density at radius 3 is 2.39 bits per heavy atom. The maximum absolute atomic E-state index is 15.2. The van der Waals surface area contributed by atoms with Crippen LogP contribution in [0.5, 0.6) is 5.75 Å². The lowest BCUT2D eigenvalue weighted by atomic mass is 9.84. The van der Waals surface area contributed by atoms with Crippen LogP contribution in [0.4, 0.5) is 27.8 Å². The molecule has 3 aromatic rings. The van der Waals surface area contributed by atoms with Gasteiger partial charge in [0, 0.05) is 36.0 Å². The van der Waals surface area contributed by atoms with Crippen molar-refractivity contribution in [2.75, 3.05) is 38.0 Å². The first kappa shape index (κ1) is 35.6. The molecule has 49 heavy (non-hydrogen) atoms. The van der Waals surface area contributed by atoms with Gasteiger partial charge in [-0.2, -0.15) is 13.2 Å². The van der Waals surface area contributed by atoms with E-state index in [1.165, 1.54) is 25.1 Å². The summed E-state index contributed by atoms with van der Waals surface area (Å²) in [5.41, 5.74) is -0.727. The third kappa shape index (κ3) is 7.96. The molecule has 0 bridgehead atoms. The maximum Gasteiger partial charge on any atom is 0.491 e. The first-order valence-electron chi connectivity index (χ1n) is 16.1. The minimum atomic E-state index is -5.40. The number of halogens is 5. The molecule has 1 unspecified atom stereocenters. The largest absolute Gasteiger partial charge is 0.491 e. The summed E-state index contributed by atoms with van der Waals surface area (Å²) in [7, 11) is 0. The molecule has 2 N–H and O–H groups in total. The van der Waals surface area contributed by atoms with Crippen molar-refractivity contribution in [2.24, 2.45) is 10.9 Å². The predicted molar refractivity (Wildman–Crippen MR) is 173 cm³/mol. The molecular weight excluding hydrogens is 649 g/mol. The summed E-state index contributed by atoms with van der Waals surface area (Å²) in [6.07, 6.45) is -1.85. The smallest absolute Gasteiger partial charge is 0.418 e. The molecule has 0 spiro atoms. The van der Waals surface area contributed by atoms with E-state index < -0.39 is 52.8 Å². The number of carbonyl (C=O) groups excluding carboxylic acids is 3. The molecule has 260 valence electrons. The number of amides is 2. The minimum Gasteiger partial charge on any atom is -0.418 e. The number of nitrogens with zero attached hydrogens (tertiary/aromatic N) is 3. The Balaban J connectivity index is 1.71. The van der Waals surface area contributed by atoms with Crippen LogP contribution < -0.4 is 15.4 Å². The lowest BCUT2D eigenvalue weighted by Crippen LogP contribution is -2.31. The van der Waals surface area contributed by atoms with E-state index in [1.807, 2.05) is 13.8 Å². The van der Waals surface area contributed by atoms with Crippen LogP contribution in [-0.2, 0) is 9.59 Å². The van der Waals surface area contributed by atoms with Crippen molar-refractivity contribution >= 4 is 29.8 Å². The van der Waals surface area contributed by atoms with Gasteiger partial charge in [0.1, 0.15) is 23.4 Å². The molecule has 2 aliphatic rings. The van der Waals surface area contributed by atoms with Gasteiger partial charge in [0.2, 0.25) is 0 Å². The topological polar surface area (TPSA) is 113 Å². The summed E-state index contributed by atoms with van der Waals surface area (Å²) in [5, 5.41) is 5.85.